The van der Waals surface area contributed by atoms with Crippen LogP contribution in [-0.4, -0.2) is 21.4 Å². The summed E-state index contributed by atoms with van der Waals surface area (Å²) in [5, 5.41) is 9.01. The molecule has 0 spiro atoms. The van der Waals surface area contributed by atoms with Crippen molar-refractivity contribution in [1.29, 1.82) is 0 Å². The summed E-state index contributed by atoms with van der Waals surface area (Å²) in [6, 6.07) is 5.28. The first kappa shape index (κ1) is 12.2. The lowest BCUT2D eigenvalue weighted by atomic mass is 10.2. The maximum atomic E-state index is 12.0. The molecule has 1 aromatic heterocycles. The van der Waals surface area contributed by atoms with Crippen LogP contribution in [0, 0.1) is 0 Å². The lowest BCUT2D eigenvalue weighted by Gasteiger charge is -2.09. The lowest BCUT2D eigenvalue weighted by molar-refractivity contribution is -0.274. The van der Waals surface area contributed by atoms with Gasteiger partial charge >= 0.3 is 6.36 Å². The number of rotatable bonds is 2. The SMILES string of the molecule is Oc1cnc(-c2cccc(OC(F)(F)F)c2)nc1. The number of hydrogen-bond donors (Lipinski definition) is 1. The Morgan fingerprint density at radius 1 is 1.11 bits per heavy atom. The zero-order valence-electron chi connectivity index (χ0n) is 8.85. The van der Waals surface area contributed by atoms with Crippen LogP contribution in [0.15, 0.2) is 36.7 Å². The first-order valence-corrected chi connectivity index (χ1v) is 4.81. The van der Waals surface area contributed by atoms with Gasteiger partial charge in [0.15, 0.2) is 11.6 Å². The molecule has 1 aromatic carbocycles. The smallest absolute Gasteiger partial charge is 0.505 e. The number of nitrogens with zero attached hydrogens (tertiary/aromatic N) is 2. The first-order valence-electron chi connectivity index (χ1n) is 4.81. The summed E-state index contributed by atoms with van der Waals surface area (Å²) in [4.78, 5) is 7.58. The highest BCUT2D eigenvalue weighted by Crippen LogP contribution is 2.26. The topological polar surface area (TPSA) is 55.2 Å². The molecule has 0 aliphatic heterocycles. The predicted octanol–water partition coefficient (Wildman–Crippen LogP) is 2.75. The van der Waals surface area contributed by atoms with Gasteiger partial charge in [0.05, 0.1) is 12.4 Å². The van der Waals surface area contributed by atoms with E-state index in [0.29, 0.717) is 5.56 Å². The van der Waals surface area contributed by atoms with Crippen molar-refractivity contribution in [3.05, 3.63) is 36.7 Å². The Hall–Kier alpha value is -2.31. The number of alkyl halides is 3. The van der Waals surface area contributed by atoms with E-state index >= 15 is 0 Å². The van der Waals surface area contributed by atoms with Crippen molar-refractivity contribution >= 4 is 0 Å². The predicted molar refractivity (Wildman–Crippen MR) is 55.8 cm³/mol. The van der Waals surface area contributed by atoms with Crippen LogP contribution >= 0.6 is 0 Å². The number of ether oxygens (including phenoxy) is 1. The van der Waals surface area contributed by atoms with E-state index in [4.69, 9.17) is 5.11 Å². The summed E-state index contributed by atoms with van der Waals surface area (Å²) in [7, 11) is 0. The van der Waals surface area contributed by atoms with Gasteiger partial charge in [0.25, 0.3) is 0 Å². The van der Waals surface area contributed by atoms with E-state index in [1.807, 2.05) is 0 Å². The Balaban J connectivity index is 2.29. The second-order valence-electron chi connectivity index (χ2n) is 3.34. The Kier molecular flexibility index (Phi) is 3.05. The van der Waals surface area contributed by atoms with Gasteiger partial charge in [-0.05, 0) is 12.1 Å². The summed E-state index contributed by atoms with van der Waals surface area (Å²) < 4.78 is 39.9. The molecule has 1 heterocycles. The largest absolute Gasteiger partial charge is 0.573 e. The monoisotopic (exact) mass is 256 g/mol. The third-order valence-electron chi connectivity index (χ3n) is 1.96. The third kappa shape index (κ3) is 3.09. The van der Waals surface area contributed by atoms with Crippen molar-refractivity contribution in [2.75, 3.05) is 0 Å². The van der Waals surface area contributed by atoms with Crippen LogP contribution in [0.5, 0.6) is 11.5 Å². The first-order chi connectivity index (χ1) is 8.44. The Morgan fingerprint density at radius 2 is 1.78 bits per heavy atom. The van der Waals surface area contributed by atoms with Crippen LogP contribution in [0.3, 0.4) is 0 Å². The van der Waals surface area contributed by atoms with Crippen molar-refractivity contribution in [2.45, 2.75) is 6.36 Å². The molecule has 7 heteroatoms. The molecule has 0 fully saturated rings. The van der Waals surface area contributed by atoms with Gasteiger partial charge < -0.3 is 9.84 Å². The molecule has 1 N–H and O–H groups in total. The summed E-state index contributed by atoms with van der Waals surface area (Å²) in [5.41, 5.74) is 0.358. The Morgan fingerprint density at radius 3 is 2.39 bits per heavy atom. The fourth-order valence-electron chi connectivity index (χ4n) is 1.30. The van der Waals surface area contributed by atoms with Crippen molar-refractivity contribution < 1.29 is 23.0 Å². The van der Waals surface area contributed by atoms with Crippen LogP contribution in [-0.2, 0) is 0 Å². The third-order valence-corrected chi connectivity index (χ3v) is 1.96. The standard InChI is InChI=1S/C11H7F3N2O2/c12-11(13,14)18-9-3-1-2-7(4-9)10-15-5-8(17)6-16-10/h1-6,17H. The normalized spacial score (nSPS) is 11.3. The molecule has 0 saturated carbocycles. The Labute approximate surface area is 99.7 Å². The van der Waals surface area contributed by atoms with E-state index in [-0.39, 0.29) is 17.3 Å². The number of aromatic nitrogens is 2. The number of benzene rings is 1. The van der Waals surface area contributed by atoms with E-state index in [2.05, 4.69) is 14.7 Å². The molecule has 0 aliphatic carbocycles. The van der Waals surface area contributed by atoms with Crippen LogP contribution < -0.4 is 4.74 Å². The fraction of sp³-hybridized carbons (Fsp3) is 0.0909. The van der Waals surface area contributed by atoms with E-state index < -0.39 is 6.36 Å². The molecule has 0 amide bonds. The zero-order chi connectivity index (χ0) is 13.2. The molecular formula is C11H7F3N2O2. The molecule has 0 bridgehead atoms. The summed E-state index contributed by atoms with van der Waals surface area (Å²) in [5.74, 6) is -0.279. The molecule has 18 heavy (non-hydrogen) atoms. The van der Waals surface area contributed by atoms with Crippen molar-refractivity contribution in [1.82, 2.24) is 9.97 Å². The summed E-state index contributed by atoms with van der Waals surface area (Å²) in [6.07, 6.45) is -2.44. The zero-order valence-corrected chi connectivity index (χ0v) is 8.85. The van der Waals surface area contributed by atoms with E-state index in [1.165, 1.54) is 24.3 Å². The van der Waals surface area contributed by atoms with Crippen molar-refractivity contribution in [3.8, 4) is 22.9 Å². The van der Waals surface area contributed by atoms with Gasteiger partial charge in [0.2, 0.25) is 0 Å². The average molecular weight is 256 g/mol. The van der Waals surface area contributed by atoms with Gasteiger partial charge in [-0.3, -0.25) is 0 Å². The molecule has 0 radical (unpaired) electrons. The molecule has 2 aromatic rings. The van der Waals surface area contributed by atoms with Crippen LogP contribution in [0.2, 0.25) is 0 Å². The molecule has 0 saturated heterocycles. The molecular weight excluding hydrogens is 249 g/mol. The van der Waals surface area contributed by atoms with E-state index in [9.17, 15) is 13.2 Å². The molecule has 0 atom stereocenters. The molecule has 94 valence electrons. The van der Waals surface area contributed by atoms with Gasteiger partial charge in [0, 0.05) is 5.56 Å². The molecule has 4 nitrogen and oxygen atoms in total. The van der Waals surface area contributed by atoms with Gasteiger partial charge in [-0.1, -0.05) is 12.1 Å². The highest BCUT2D eigenvalue weighted by Gasteiger charge is 2.31. The molecule has 0 unspecified atom stereocenters. The number of hydrogen-bond acceptors (Lipinski definition) is 4. The van der Waals surface area contributed by atoms with Gasteiger partial charge in [-0.25, -0.2) is 9.97 Å². The van der Waals surface area contributed by atoms with Gasteiger partial charge in [0.1, 0.15) is 5.75 Å². The van der Waals surface area contributed by atoms with Crippen LogP contribution in [0.25, 0.3) is 11.4 Å². The quantitative estimate of drug-likeness (QED) is 0.897. The molecule has 2 rings (SSSR count). The maximum Gasteiger partial charge on any atom is 0.573 e. The lowest BCUT2D eigenvalue weighted by Crippen LogP contribution is -2.17. The van der Waals surface area contributed by atoms with Crippen molar-refractivity contribution in [2.24, 2.45) is 0 Å². The second kappa shape index (κ2) is 4.52. The number of aromatic hydroxyl groups is 1. The highest BCUT2D eigenvalue weighted by molar-refractivity contribution is 5.57. The molecule has 0 aliphatic rings. The van der Waals surface area contributed by atoms with Crippen molar-refractivity contribution in [3.63, 3.8) is 0 Å². The van der Waals surface area contributed by atoms with E-state index in [0.717, 1.165) is 12.4 Å². The van der Waals surface area contributed by atoms with Crippen LogP contribution in [0.4, 0.5) is 13.2 Å². The van der Waals surface area contributed by atoms with Gasteiger partial charge in [-0.15, -0.1) is 13.2 Å². The minimum absolute atomic E-state index is 0.124. The fourth-order valence-corrected chi connectivity index (χ4v) is 1.30. The number of halogens is 3. The minimum atomic E-state index is -4.74. The van der Waals surface area contributed by atoms with E-state index in [1.54, 1.807) is 0 Å². The Bertz CT molecular complexity index is 541. The second-order valence-corrected chi connectivity index (χ2v) is 3.34. The average Bonchev–Trinajstić information content (AvgIpc) is 2.28. The van der Waals surface area contributed by atoms with Gasteiger partial charge in [-0.2, -0.15) is 0 Å². The summed E-state index contributed by atoms with van der Waals surface area (Å²) >= 11 is 0. The maximum absolute atomic E-state index is 12.0. The summed E-state index contributed by atoms with van der Waals surface area (Å²) in [6.45, 7) is 0. The minimum Gasteiger partial charge on any atom is -0.505 e. The highest BCUT2D eigenvalue weighted by atomic mass is 19.4. The van der Waals surface area contributed by atoms with Crippen LogP contribution in [0.1, 0.15) is 0 Å².